The van der Waals surface area contributed by atoms with Gasteiger partial charge in [-0.1, -0.05) is 0 Å². The van der Waals surface area contributed by atoms with Gasteiger partial charge in [0.1, 0.15) is 12.7 Å². The van der Waals surface area contributed by atoms with Gasteiger partial charge in [-0.3, -0.25) is 0 Å². The fourth-order valence-electron chi connectivity index (χ4n) is 3.44. The molecule has 0 atom stereocenters. The van der Waals surface area contributed by atoms with Crippen LogP contribution in [0.3, 0.4) is 0 Å². The molecular formula is C19H22FN7O. The summed E-state index contributed by atoms with van der Waals surface area (Å²) in [5, 5.41) is 4.44. The quantitative estimate of drug-likeness (QED) is 0.669. The highest BCUT2D eigenvalue weighted by Gasteiger charge is 2.23. The molecule has 9 heteroatoms. The maximum atomic E-state index is 13.8. The van der Waals surface area contributed by atoms with E-state index in [0.29, 0.717) is 30.0 Å². The molecule has 0 aromatic carbocycles. The van der Waals surface area contributed by atoms with Crippen molar-refractivity contribution in [3.63, 3.8) is 0 Å². The molecule has 8 nitrogen and oxygen atoms in total. The minimum atomic E-state index is -0.380. The number of halogens is 1. The van der Waals surface area contributed by atoms with E-state index < -0.39 is 0 Å². The average molecular weight is 383 g/mol. The average Bonchev–Trinajstić information content (AvgIpc) is 3.06. The van der Waals surface area contributed by atoms with Gasteiger partial charge < -0.3 is 9.64 Å². The van der Waals surface area contributed by atoms with Crippen LogP contribution in [0.1, 0.15) is 24.2 Å². The highest BCUT2D eigenvalue weighted by atomic mass is 19.1. The molecule has 1 fully saturated rings. The molecule has 0 aliphatic carbocycles. The van der Waals surface area contributed by atoms with Gasteiger partial charge in [-0.25, -0.2) is 29.0 Å². The normalized spacial score (nSPS) is 15.0. The molecule has 0 N–H and O–H groups in total. The minimum Gasteiger partial charge on any atom is -0.477 e. The van der Waals surface area contributed by atoms with E-state index in [-0.39, 0.29) is 5.82 Å². The molecule has 28 heavy (non-hydrogen) atoms. The first-order valence-corrected chi connectivity index (χ1v) is 9.29. The van der Waals surface area contributed by atoms with E-state index in [0.717, 1.165) is 37.3 Å². The molecule has 0 saturated carbocycles. The molecule has 0 amide bonds. The predicted molar refractivity (Wildman–Crippen MR) is 101 cm³/mol. The monoisotopic (exact) mass is 383 g/mol. The summed E-state index contributed by atoms with van der Waals surface area (Å²) in [7, 11) is 0. The second-order valence-corrected chi connectivity index (χ2v) is 6.99. The number of anilines is 1. The van der Waals surface area contributed by atoms with Crippen LogP contribution in [-0.4, -0.2) is 49.4 Å². The molecular weight excluding hydrogens is 361 g/mol. The number of piperidine rings is 1. The number of aromatic nitrogens is 6. The number of ether oxygens (including phenoxy) is 1. The second kappa shape index (κ2) is 7.87. The topological polar surface area (TPSA) is 81.9 Å². The number of hydrogen-bond donors (Lipinski definition) is 0. The Bertz CT molecular complexity index is 953. The van der Waals surface area contributed by atoms with Crippen LogP contribution in [0.5, 0.6) is 5.88 Å². The third kappa shape index (κ3) is 3.92. The van der Waals surface area contributed by atoms with Gasteiger partial charge in [0.2, 0.25) is 5.88 Å². The molecule has 0 radical (unpaired) electrons. The Morgan fingerprint density at radius 1 is 1.11 bits per heavy atom. The van der Waals surface area contributed by atoms with Gasteiger partial charge in [0.05, 0.1) is 18.5 Å². The summed E-state index contributed by atoms with van der Waals surface area (Å²) in [6.07, 6.45) is 5.87. The largest absolute Gasteiger partial charge is 0.477 e. The first kappa shape index (κ1) is 18.3. The first-order valence-electron chi connectivity index (χ1n) is 9.29. The van der Waals surface area contributed by atoms with Gasteiger partial charge in [-0.15, -0.1) is 0 Å². The lowest BCUT2D eigenvalue weighted by Crippen LogP contribution is -2.36. The van der Waals surface area contributed by atoms with E-state index in [9.17, 15) is 4.39 Å². The third-order valence-electron chi connectivity index (χ3n) is 4.88. The summed E-state index contributed by atoms with van der Waals surface area (Å²) in [5.41, 5.74) is 1.94. The molecule has 1 aliphatic rings. The zero-order chi connectivity index (χ0) is 19.5. The summed E-state index contributed by atoms with van der Waals surface area (Å²) in [6.45, 7) is 5.97. The Morgan fingerprint density at radius 3 is 2.64 bits per heavy atom. The van der Waals surface area contributed by atoms with Crippen molar-refractivity contribution in [2.75, 3.05) is 24.6 Å². The van der Waals surface area contributed by atoms with Crippen LogP contribution in [-0.2, 0) is 0 Å². The number of rotatable bonds is 5. The Labute approximate surface area is 162 Å². The standard InChI is InChI=1S/C19H22FN7O/c1-13-7-14(2)27(25-13)17-8-18(23-12-22-17)28-10-15-3-5-26(6-4-15)19-16(20)9-21-11-24-19/h7-9,11-12,15H,3-6,10H2,1-2H3. The van der Waals surface area contributed by atoms with E-state index in [4.69, 9.17) is 4.74 Å². The first-order chi connectivity index (χ1) is 13.6. The van der Waals surface area contributed by atoms with Crippen LogP contribution in [0.2, 0.25) is 0 Å². The fraction of sp³-hybridized carbons (Fsp3) is 0.421. The summed E-state index contributed by atoms with van der Waals surface area (Å²) in [6, 6.07) is 3.79. The SMILES string of the molecule is Cc1cc(C)n(-c2cc(OCC3CCN(c4ncncc4F)CC3)ncn2)n1. The van der Waals surface area contributed by atoms with Crippen molar-refractivity contribution in [3.05, 3.63) is 48.2 Å². The highest BCUT2D eigenvalue weighted by Crippen LogP contribution is 2.24. The predicted octanol–water partition coefficient (Wildman–Crippen LogP) is 2.50. The second-order valence-electron chi connectivity index (χ2n) is 6.99. The summed E-state index contributed by atoms with van der Waals surface area (Å²) >= 11 is 0. The van der Waals surface area contributed by atoms with Crippen LogP contribution < -0.4 is 9.64 Å². The molecule has 3 aromatic rings. The highest BCUT2D eigenvalue weighted by molar-refractivity contribution is 5.38. The van der Waals surface area contributed by atoms with E-state index in [1.54, 1.807) is 10.7 Å². The van der Waals surface area contributed by atoms with Crippen molar-refractivity contribution >= 4 is 5.82 Å². The van der Waals surface area contributed by atoms with E-state index in [1.807, 2.05) is 24.8 Å². The number of nitrogens with zero attached hydrogens (tertiary/aromatic N) is 7. The zero-order valence-electron chi connectivity index (χ0n) is 15.9. The van der Waals surface area contributed by atoms with Crippen molar-refractivity contribution in [1.29, 1.82) is 0 Å². The van der Waals surface area contributed by atoms with Gasteiger partial charge in [-0.05, 0) is 38.7 Å². The van der Waals surface area contributed by atoms with E-state index in [1.165, 1.54) is 18.9 Å². The fourth-order valence-corrected chi connectivity index (χ4v) is 3.44. The Balaban J connectivity index is 1.34. The molecule has 0 spiro atoms. The lowest BCUT2D eigenvalue weighted by molar-refractivity contribution is 0.215. The van der Waals surface area contributed by atoms with Crippen LogP contribution >= 0.6 is 0 Å². The molecule has 1 aliphatic heterocycles. The number of hydrogen-bond acceptors (Lipinski definition) is 7. The van der Waals surface area contributed by atoms with Crippen LogP contribution in [0, 0.1) is 25.6 Å². The Kier molecular flexibility index (Phi) is 5.14. The minimum absolute atomic E-state index is 0.375. The summed E-state index contributed by atoms with van der Waals surface area (Å²) < 4.78 is 21.5. The van der Waals surface area contributed by atoms with Crippen molar-refractivity contribution in [3.8, 4) is 11.7 Å². The summed E-state index contributed by atoms with van der Waals surface area (Å²) in [5.74, 6) is 1.59. The molecule has 0 bridgehead atoms. The van der Waals surface area contributed by atoms with Crippen molar-refractivity contribution in [2.45, 2.75) is 26.7 Å². The molecule has 4 rings (SSSR count). The van der Waals surface area contributed by atoms with Gasteiger partial charge in [-0.2, -0.15) is 5.10 Å². The van der Waals surface area contributed by atoms with Crippen molar-refractivity contribution in [1.82, 2.24) is 29.7 Å². The maximum Gasteiger partial charge on any atom is 0.218 e. The summed E-state index contributed by atoms with van der Waals surface area (Å²) in [4.78, 5) is 18.2. The van der Waals surface area contributed by atoms with Gasteiger partial charge in [0.25, 0.3) is 0 Å². The van der Waals surface area contributed by atoms with Crippen LogP contribution in [0.25, 0.3) is 5.82 Å². The van der Waals surface area contributed by atoms with Gasteiger partial charge in [0, 0.05) is 24.8 Å². The molecule has 146 valence electrons. The number of aryl methyl sites for hydroxylation is 2. The Morgan fingerprint density at radius 2 is 1.93 bits per heavy atom. The van der Waals surface area contributed by atoms with Gasteiger partial charge >= 0.3 is 0 Å². The lowest BCUT2D eigenvalue weighted by Gasteiger charge is -2.32. The smallest absolute Gasteiger partial charge is 0.218 e. The Hall–Kier alpha value is -3.10. The van der Waals surface area contributed by atoms with Gasteiger partial charge in [0.15, 0.2) is 17.5 Å². The molecule has 0 unspecified atom stereocenters. The third-order valence-corrected chi connectivity index (χ3v) is 4.88. The van der Waals surface area contributed by atoms with E-state index >= 15 is 0 Å². The van der Waals surface area contributed by atoms with Crippen molar-refractivity contribution in [2.24, 2.45) is 5.92 Å². The maximum absolute atomic E-state index is 13.8. The molecule has 3 aromatic heterocycles. The van der Waals surface area contributed by atoms with Crippen molar-refractivity contribution < 1.29 is 9.13 Å². The lowest BCUT2D eigenvalue weighted by atomic mass is 9.98. The van der Waals surface area contributed by atoms with E-state index in [2.05, 4.69) is 25.0 Å². The van der Waals surface area contributed by atoms with Crippen LogP contribution in [0.15, 0.2) is 31.0 Å². The van der Waals surface area contributed by atoms with Crippen LogP contribution in [0.4, 0.5) is 10.2 Å². The molecule has 1 saturated heterocycles. The molecule has 4 heterocycles. The zero-order valence-corrected chi connectivity index (χ0v) is 15.9.